The molecule has 3 rings (SSSR count). The van der Waals surface area contributed by atoms with E-state index in [-0.39, 0.29) is 17.6 Å². The normalized spacial score (nSPS) is 10.9. The maximum Gasteiger partial charge on any atom is 0.322 e. The van der Waals surface area contributed by atoms with Crippen LogP contribution in [0.5, 0.6) is 0 Å². The quantitative estimate of drug-likeness (QED) is 0.704. The maximum absolute atomic E-state index is 12.8. The van der Waals surface area contributed by atoms with Crippen LogP contribution in [0, 0.1) is 0 Å². The topological polar surface area (TPSA) is 65.2 Å². The Labute approximate surface area is 156 Å². The first-order chi connectivity index (χ1) is 12.4. The number of anilines is 1. The molecule has 0 aliphatic heterocycles. The number of nitrogens with zero attached hydrogens (tertiary/aromatic N) is 1. The summed E-state index contributed by atoms with van der Waals surface area (Å²) in [6.07, 6.45) is 0. The Kier molecular flexibility index (Phi) is 5.28. The van der Waals surface area contributed by atoms with Crippen molar-refractivity contribution in [3.63, 3.8) is 0 Å². The summed E-state index contributed by atoms with van der Waals surface area (Å²) < 4.78 is 0. The molecule has 6 heteroatoms. The number of nitrogens with one attached hydrogen (secondary N) is 2. The summed E-state index contributed by atoms with van der Waals surface area (Å²) in [5.41, 5.74) is 2.01. The summed E-state index contributed by atoms with van der Waals surface area (Å²) in [5, 5.41) is 4.34. The summed E-state index contributed by atoms with van der Waals surface area (Å²) >= 11 is 5.98. The van der Waals surface area contributed by atoms with Gasteiger partial charge in [0, 0.05) is 40.3 Å². The Bertz CT molecular complexity index is 998. The molecule has 0 aliphatic rings. The van der Waals surface area contributed by atoms with Crippen LogP contribution in [0.4, 0.5) is 10.5 Å². The molecule has 0 unspecified atom stereocenters. The molecule has 2 aromatic carbocycles. The number of benzene rings is 2. The van der Waals surface area contributed by atoms with Crippen molar-refractivity contribution in [1.29, 1.82) is 0 Å². The second-order valence-electron chi connectivity index (χ2n) is 6.37. The van der Waals surface area contributed by atoms with E-state index in [2.05, 4.69) is 10.3 Å². The molecule has 0 fully saturated rings. The SMILES string of the molecule is CC(C)N(Cc1cc(=O)[nH]c2ccccc12)C(=O)Nc1cccc(Cl)c1. The fourth-order valence-corrected chi connectivity index (χ4v) is 3.03. The first-order valence-electron chi connectivity index (χ1n) is 8.38. The molecule has 0 saturated carbocycles. The van der Waals surface area contributed by atoms with Crippen LogP contribution in [0.2, 0.25) is 5.02 Å². The number of pyridine rings is 1. The smallest absolute Gasteiger partial charge is 0.322 e. The van der Waals surface area contributed by atoms with Gasteiger partial charge >= 0.3 is 6.03 Å². The lowest BCUT2D eigenvalue weighted by molar-refractivity contribution is 0.194. The van der Waals surface area contributed by atoms with Crippen molar-refractivity contribution in [1.82, 2.24) is 9.88 Å². The van der Waals surface area contributed by atoms with Crippen LogP contribution >= 0.6 is 11.6 Å². The highest BCUT2D eigenvalue weighted by atomic mass is 35.5. The number of para-hydroxylation sites is 1. The molecule has 0 spiro atoms. The number of halogens is 1. The number of rotatable bonds is 4. The van der Waals surface area contributed by atoms with Crippen LogP contribution in [0.3, 0.4) is 0 Å². The molecule has 2 N–H and O–H groups in total. The molecular formula is C20H20ClN3O2. The van der Waals surface area contributed by atoms with Gasteiger partial charge in [-0.15, -0.1) is 0 Å². The highest BCUT2D eigenvalue weighted by Gasteiger charge is 2.19. The summed E-state index contributed by atoms with van der Waals surface area (Å²) in [6, 6.07) is 15.8. The highest BCUT2D eigenvalue weighted by Crippen LogP contribution is 2.20. The largest absolute Gasteiger partial charge is 0.322 e. The van der Waals surface area contributed by atoms with E-state index >= 15 is 0 Å². The Morgan fingerprint density at radius 1 is 1.15 bits per heavy atom. The predicted molar refractivity (Wildman–Crippen MR) is 106 cm³/mol. The van der Waals surface area contributed by atoms with Gasteiger partial charge in [-0.2, -0.15) is 0 Å². The van der Waals surface area contributed by atoms with E-state index in [4.69, 9.17) is 11.6 Å². The minimum absolute atomic E-state index is 0.0489. The Balaban J connectivity index is 1.90. The molecule has 134 valence electrons. The number of aromatic amines is 1. The zero-order valence-electron chi connectivity index (χ0n) is 14.6. The maximum atomic E-state index is 12.8. The molecule has 0 aliphatic carbocycles. The van der Waals surface area contributed by atoms with Crippen LogP contribution in [-0.2, 0) is 6.54 Å². The van der Waals surface area contributed by atoms with Crippen LogP contribution in [0.25, 0.3) is 10.9 Å². The highest BCUT2D eigenvalue weighted by molar-refractivity contribution is 6.30. The Hall–Kier alpha value is -2.79. The summed E-state index contributed by atoms with van der Waals surface area (Å²) in [7, 11) is 0. The lowest BCUT2D eigenvalue weighted by atomic mass is 10.1. The molecule has 5 nitrogen and oxygen atoms in total. The van der Waals surface area contributed by atoms with Gasteiger partial charge in [0.2, 0.25) is 5.56 Å². The molecule has 0 radical (unpaired) electrons. The van der Waals surface area contributed by atoms with E-state index in [1.54, 1.807) is 35.2 Å². The average Bonchev–Trinajstić information content (AvgIpc) is 2.59. The average molecular weight is 370 g/mol. The Morgan fingerprint density at radius 2 is 1.92 bits per heavy atom. The third-order valence-electron chi connectivity index (χ3n) is 4.14. The van der Waals surface area contributed by atoms with Crippen LogP contribution in [-0.4, -0.2) is 22.0 Å². The number of urea groups is 1. The predicted octanol–water partition coefficient (Wildman–Crippen LogP) is 4.62. The summed E-state index contributed by atoms with van der Waals surface area (Å²) in [6.45, 7) is 4.20. The van der Waals surface area contributed by atoms with E-state index in [9.17, 15) is 9.59 Å². The first-order valence-corrected chi connectivity index (χ1v) is 8.76. The number of aromatic nitrogens is 1. The fraction of sp³-hybridized carbons (Fsp3) is 0.200. The van der Waals surface area contributed by atoms with Gasteiger partial charge in [0.05, 0.1) is 0 Å². The van der Waals surface area contributed by atoms with Crippen molar-refractivity contribution in [3.8, 4) is 0 Å². The van der Waals surface area contributed by atoms with E-state index in [0.29, 0.717) is 17.3 Å². The number of hydrogen-bond acceptors (Lipinski definition) is 2. The molecule has 0 saturated heterocycles. The lowest BCUT2D eigenvalue weighted by Gasteiger charge is -2.27. The van der Waals surface area contributed by atoms with Crippen molar-refractivity contribution in [2.75, 3.05) is 5.32 Å². The first kappa shape index (κ1) is 18.0. The number of carbonyl (C=O) groups is 1. The number of hydrogen-bond donors (Lipinski definition) is 2. The van der Waals surface area contributed by atoms with Gasteiger partial charge in [0.25, 0.3) is 0 Å². The molecule has 1 heterocycles. The van der Waals surface area contributed by atoms with E-state index < -0.39 is 0 Å². The molecule has 26 heavy (non-hydrogen) atoms. The molecule has 0 atom stereocenters. The summed E-state index contributed by atoms with van der Waals surface area (Å²) in [4.78, 5) is 29.2. The van der Waals surface area contributed by atoms with Crippen LogP contribution in [0.15, 0.2) is 59.4 Å². The molecular weight excluding hydrogens is 350 g/mol. The lowest BCUT2D eigenvalue weighted by Crippen LogP contribution is -2.39. The van der Waals surface area contributed by atoms with Gasteiger partial charge in [-0.3, -0.25) is 4.79 Å². The molecule has 3 aromatic rings. The number of amides is 2. The van der Waals surface area contributed by atoms with Gasteiger partial charge < -0.3 is 15.2 Å². The van der Waals surface area contributed by atoms with Crippen molar-refractivity contribution >= 4 is 34.2 Å². The van der Waals surface area contributed by atoms with Crippen molar-refractivity contribution < 1.29 is 4.79 Å². The van der Waals surface area contributed by atoms with E-state index in [0.717, 1.165) is 16.5 Å². The van der Waals surface area contributed by atoms with Crippen LogP contribution < -0.4 is 10.9 Å². The minimum atomic E-state index is -0.244. The molecule has 1 aromatic heterocycles. The van der Waals surface area contributed by atoms with Gasteiger partial charge in [-0.25, -0.2) is 4.79 Å². The Morgan fingerprint density at radius 3 is 2.65 bits per heavy atom. The summed E-state index contributed by atoms with van der Waals surface area (Å²) in [5.74, 6) is 0. The zero-order valence-corrected chi connectivity index (χ0v) is 15.4. The van der Waals surface area contributed by atoms with Gasteiger partial charge in [0.15, 0.2) is 0 Å². The monoisotopic (exact) mass is 369 g/mol. The number of fused-ring (bicyclic) bond motifs is 1. The van der Waals surface area contributed by atoms with Crippen molar-refractivity contribution in [2.45, 2.75) is 26.4 Å². The third-order valence-corrected chi connectivity index (χ3v) is 4.37. The third kappa shape index (κ3) is 4.06. The van der Waals surface area contributed by atoms with Crippen molar-refractivity contribution in [2.24, 2.45) is 0 Å². The minimum Gasteiger partial charge on any atom is -0.322 e. The second kappa shape index (κ2) is 7.62. The van der Waals surface area contributed by atoms with Gasteiger partial charge in [-0.1, -0.05) is 35.9 Å². The van der Waals surface area contributed by atoms with E-state index in [1.165, 1.54) is 0 Å². The van der Waals surface area contributed by atoms with Crippen molar-refractivity contribution in [3.05, 3.63) is 75.5 Å². The van der Waals surface area contributed by atoms with Crippen LogP contribution in [0.1, 0.15) is 19.4 Å². The second-order valence-corrected chi connectivity index (χ2v) is 6.80. The zero-order chi connectivity index (χ0) is 18.7. The standard InChI is InChI=1S/C20H20ClN3O2/c1-13(2)24(20(26)22-16-7-5-6-15(21)11-16)12-14-10-19(25)23-18-9-4-3-8-17(14)18/h3-11,13H,12H2,1-2H3,(H,22,26)(H,23,25). The number of H-pyrrole nitrogens is 1. The molecule has 0 bridgehead atoms. The van der Waals surface area contributed by atoms with E-state index in [1.807, 2.05) is 38.1 Å². The van der Waals surface area contributed by atoms with Gasteiger partial charge in [0.1, 0.15) is 0 Å². The molecule has 2 amide bonds. The fourth-order valence-electron chi connectivity index (χ4n) is 2.84. The van der Waals surface area contributed by atoms with Gasteiger partial charge in [-0.05, 0) is 43.7 Å². The number of carbonyl (C=O) groups excluding carboxylic acids is 1.